The summed E-state index contributed by atoms with van der Waals surface area (Å²) in [6.07, 6.45) is 3.24. The van der Waals surface area contributed by atoms with Crippen LogP contribution in [0.5, 0.6) is 5.75 Å². The standard InChI is InChI=1S/C10H15N3O/c1-8-7-13(3-2-12-8)9-4-10(14)6-11-5-9/h4-6,8,12,14H,2-3,7H2,1H3. The minimum Gasteiger partial charge on any atom is -0.506 e. The van der Waals surface area contributed by atoms with Gasteiger partial charge in [-0.15, -0.1) is 0 Å². The molecular weight excluding hydrogens is 178 g/mol. The second-order valence-electron chi connectivity index (χ2n) is 3.70. The average Bonchev–Trinajstić information content (AvgIpc) is 2.18. The number of anilines is 1. The van der Waals surface area contributed by atoms with Crippen LogP contribution in [0.2, 0.25) is 0 Å². The molecule has 0 spiro atoms. The highest BCUT2D eigenvalue weighted by Crippen LogP contribution is 2.19. The third kappa shape index (κ3) is 1.96. The van der Waals surface area contributed by atoms with Crippen LogP contribution in [0.15, 0.2) is 18.5 Å². The lowest BCUT2D eigenvalue weighted by atomic mass is 10.2. The summed E-state index contributed by atoms with van der Waals surface area (Å²) in [4.78, 5) is 6.20. The molecule has 14 heavy (non-hydrogen) atoms. The summed E-state index contributed by atoms with van der Waals surface area (Å²) in [5.41, 5.74) is 0.998. The van der Waals surface area contributed by atoms with Crippen LogP contribution < -0.4 is 10.2 Å². The quantitative estimate of drug-likeness (QED) is 0.685. The zero-order valence-electron chi connectivity index (χ0n) is 8.27. The summed E-state index contributed by atoms with van der Waals surface area (Å²) in [5.74, 6) is 0.230. The van der Waals surface area contributed by atoms with Gasteiger partial charge in [-0.3, -0.25) is 4.98 Å². The van der Waals surface area contributed by atoms with E-state index in [2.05, 4.69) is 22.1 Å². The Balaban J connectivity index is 2.14. The highest BCUT2D eigenvalue weighted by atomic mass is 16.3. The molecule has 0 bridgehead atoms. The topological polar surface area (TPSA) is 48.4 Å². The van der Waals surface area contributed by atoms with E-state index in [1.165, 1.54) is 6.20 Å². The van der Waals surface area contributed by atoms with Gasteiger partial charge in [-0.2, -0.15) is 0 Å². The summed E-state index contributed by atoms with van der Waals surface area (Å²) in [6, 6.07) is 2.25. The van der Waals surface area contributed by atoms with Gasteiger partial charge in [0.25, 0.3) is 0 Å². The number of aromatic hydroxyl groups is 1. The minimum atomic E-state index is 0.230. The molecule has 0 radical (unpaired) electrons. The van der Waals surface area contributed by atoms with Crippen molar-refractivity contribution in [3.63, 3.8) is 0 Å². The van der Waals surface area contributed by atoms with Crippen LogP contribution in [0.4, 0.5) is 5.69 Å². The second-order valence-corrected chi connectivity index (χ2v) is 3.70. The first kappa shape index (κ1) is 9.27. The zero-order valence-corrected chi connectivity index (χ0v) is 8.27. The van der Waals surface area contributed by atoms with Crippen LogP contribution in [0.1, 0.15) is 6.92 Å². The van der Waals surface area contributed by atoms with Crippen molar-refractivity contribution in [2.75, 3.05) is 24.5 Å². The van der Waals surface area contributed by atoms with E-state index in [9.17, 15) is 5.11 Å². The number of nitrogens with one attached hydrogen (secondary N) is 1. The van der Waals surface area contributed by atoms with Crippen LogP contribution in [0, 0.1) is 0 Å². The van der Waals surface area contributed by atoms with Gasteiger partial charge in [-0.25, -0.2) is 0 Å². The molecule has 0 amide bonds. The maximum Gasteiger partial charge on any atom is 0.135 e. The molecule has 1 unspecified atom stereocenters. The molecule has 4 nitrogen and oxygen atoms in total. The molecule has 1 aromatic rings. The van der Waals surface area contributed by atoms with Gasteiger partial charge < -0.3 is 15.3 Å². The van der Waals surface area contributed by atoms with Crippen molar-refractivity contribution in [3.8, 4) is 5.75 Å². The molecule has 2 heterocycles. The lowest BCUT2D eigenvalue weighted by Gasteiger charge is -2.33. The first-order valence-corrected chi connectivity index (χ1v) is 4.88. The van der Waals surface area contributed by atoms with E-state index < -0.39 is 0 Å². The lowest BCUT2D eigenvalue weighted by molar-refractivity contribution is 0.467. The molecule has 4 heteroatoms. The maximum absolute atomic E-state index is 9.30. The second kappa shape index (κ2) is 3.84. The largest absolute Gasteiger partial charge is 0.506 e. The van der Waals surface area contributed by atoms with E-state index in [-0.39, 0.29) is 5.75 Å². The average molecular weight is 193 g/mol. The Morgan fingerprint density at radius 2 is 2.43 bits per heavy atom. The predicted molar refractivity (Wildman–Crippen MR) is 55.6 cm³/mol. The Kier molecular flexibility index (Phi) is 2.54. The molecule has 76 valence electrons. The van der Waals surface area contributed by atoms with Gasteiger partial charge in [0.1, 0.15) is 5.75 Å². The normalized spacial score (nSPS) is 22.4. The fourth-order valence-electron chi connectivity index (χ4n) is 1.76. The molecule has 0 aliphatic carbocycles. The molecular formula is C10H15N3O. The monoisotopic (exact) mass is 193 g/mol. The number of piperazine rings is 1. The van der Waals surface area contributed by atoms with Crippen molar-refractivity contribution >= 4 is 5.69 Å². The minimum absolute atomic E-state index is 0.230. The molecule has 1 fully saturated rings. The SMILES string of the molecule is CC1CN(c2cncc(O)c2)CCN1. The van der Waals surface area contributed by atoms with Crippen molar-refractivity contribution in [3.05, 3.63) is 18.5 Å². The smallest absolute Gasteiger partial charge is 0.135 e. The number of aromatic nitrogens is 1. The van der Waals surface area contributed by atoms with Gasteiger partial charge in [-0.05, 0) is 6.92 Å². The molecule has 1 saturated heterocycles. The Morgan fingerprint density at radius 3 is 3.14 bits per heavy atom. The number of nitrogens with zero attached hydrogens (tertiary/aromatic N) is 2. The zero-order chi connectivity index (χ0) is 9.97. The summed E-state index contributed by atoms with van der Waals surface area (Å²) < 4.78 is 0. The van der Waals surface area contributed by atoms with E-state index >= 15 is 0 Å². The number of pyridine rings is 1. The van der Waals surface area contributed by atoms with Gasteiger partial charge >= 0.3 is 0 Å². The molecule has 1 aromatic heterocycles. The van der Waals surface area contributed by atoms with Crippen molar-refractivity contribution in [2.45, 2.75) is 13.0 Å². The first-order valence-electron chi connectivity index (χ1n) is 4.88. The van der Waals surface area contributed by atoms with Gasteiger partial charge in [0, 0.05) is 31.7 Å². The molecule has 0 aromatic carbocycles. The van der Waals surface area contributed by atoms with Gasteiger partial charge in [0.2, 0.25) is 0 Å². The fourth-order valence-corrected chi connectivity index (χ4v) is 1.76. The van der Waals surface area contributed by atoms with Crippen LogP contribution in [-0.2, 0) is 0 Å². The van der Waals surface area contributed by atoms with E-state index in [0.29, 0.717) is 6.04 Å². The molecule has 0 saturated carbocycles. The van der Waals surface area contributed by atoms with E-state index in [0.717, 1.165) is 25.3 Å². The third-order valence-corrected chi connectivity index (χ3v) is 2.44. The van der Waals surface area contributed by atoms with Crippen LogP contribution >= 0.6 is 0 Å². The molecule has 1 atom stereocenters. The number of rotatable bonds is 1. The highest BCUT2D eigenvalue weighted by molar-refractivity contribution is 5.48. The van der Waals surface area contributed by atoms with Crippen LogP contribution in [-0.4, -0.2) is 35.8 Å². The van der Waals surface area contributed by atoms with Crippen molar-refractivity contribution in [1.29, 1.82) is 0 Å². The Morgan fingerprint density at radius 1 is 1.57 bits per heavy atom. The molecule has 2 N–H and O–H groups in total. The lowest BCUT2D eigenvalue weighted by Crippen LogP contribution is -2.49. The van der Waals surface area contributed by atoms with Crippen molar-refractivity contribution in [1.82, 2.24) is 10.3 Å². The van der Waals surface area contributed by atoms with Crippen molar-refractivity contribution < 1.29 is 5.11 Å². The summed E-state index contributed by atoms with van der Waals surface area (Å²) in [5, 5.41) is 12.7. The highest BCUT2D eigenvalue weighted by Gasteiger charge is 2.15. The van der Waals surface area contributed by atoms with Crippen LogP contribution in [0.3, 0.4) is 0 Å². The number of hydrogen-bond donors (Lipinski definition) is 2. The first-order chi connectivity index (χ1) is 6.75. The third-order valence-electron chi connectivity index (χ3n) is 2.44. The Labute approximate surface area is 83.6 Å². The van der Waals surface area contributed by atoms with E-state index in [1.54, 1.807) is 12.3 Å². The summed E-state index contributed by atoms with van der Waals surface area (Å²) >= 11 is 0. The van der Waals surface area contributed by atoms with E-state index in [4.69, 9.17) is 0 Å². The Hall–Kier alpha value is -1.29. The summed E-state index contributed by atoms with van der Waals surface area (Å²) in [6.45, 7) is 5.07. The molecule has 1 aliphatic rings. The maximum atomic E-state index is 9.30. The van der Waals surface area contributed by atoms with Crippen LogP contribution in [0.25, 0.3) is 0 Å². The van der Waals surface area contributed by atoms with Gasteiger partial charge in [0.15, 0.2) is 0 Å². The summed E-state index contributed by atoms with van der Waals surface area (Å²) in [7, 11) is 0. The van der Waals surface area contributed by atoms with Gasteiger partial charge in [-0.1, -0.05) is 0 Å². The molecule has 2 rings (SSSR count). The number of hydrogen-bond acceptors (Lipinski definition) is 4. The fraction of sp³-hybridized carbons (Fsp3) is 0.500. The predicted octanol–water partition coefficient (Wildman–Crippen LogP) is 0.585. The van der Waals surface area contributed by atoms with Gasteiger partial charge in [0.05, 0.1) is 18.1 Å². The van der Waals surface area contributed by atoms with Crippen molar-refractivity contribution in [2.24, 2.45) is 0 Å². The van der Waals surface area contributed by atoms with E-state index in [1.807, 2.05) is 0 Å². The molecule has 1 aliphatic heterocycles. The Bertz CT molecular complexity index is 316.